The highest BCUT2D eigenvalue weighted by atomic mass is 31.2. The van der Waals surface area contributed by atoms with Crippen LogP contribution in [0.1, 0.15) is 290 Å². The predicted octanol–water partition coefficient (Wildman–Crippen LogP) is 16.5. The second kappa shape index (κ2) is 46.6. The molecule has 8 nitrogen and oxygen atoms in total. The van der Waals surface area contributed by atoms with Crippen molar-refractivity contribution in [3.8, 4) is 0 Å². The molecule has 0 aliphatic rings. The number of quaternary nitrogens is 1. The summed E-state index contributed by atoms with van der Waals surface area (Å²) in [6, 6.07) is -0.754. The van der Waals surface area contributed by atoms with Gasteiger partial charge in [-0.25, -0.2) is 4.57 Å². The first-order valence-electron chi connectivity index (χ1n) is 27.9. The highest BCUT2D eigenvalue weighted by molar-refractivity contribution is 7.47. The molecule has 9 heteroatoms. The average molecular weight is 916 g/mol. The first kappa shape index (κ1) is 62.5. The smallest absolute Gasteiger partial charge is 0.391 e. The number of hydrogen-bond acceptors (Lipinski definition) is 5. The van der Waals surface area contributed by atoms with Crippen molar-refractivity contribution in [2.24, 2.45) is 0 Å². The van der Waals surface area contributed by atoms with E-state index in [1.54, 1.807) is 0 Å². The van der Waals surface area contributed by atoms with E-state index < -0.39 is 20.0 Å². The predicted molar refractivity (Wildman–Crippen MR) is 272 cm³/mol. The van der Waals surface area contributed by atoms with Gasteiger partial charge in [-0.05, 0) is 12.8 Å². The topological polar surface area (TPSA) is 105 Å². The normalized spacial score (nSPS) is 14.0. The van der Waals surface area contributed by atoms with Crippen LogP contribution in [0, 0.1) is 0 Å². The molecule has 1 amide bonds. The van der Waals surface area contributed by atoms with Gasteiger partial charge in [0.1, 0.15) is 13.2 Å². The van der Waals surface area contributed by atoms with E-state index in [2.05, 4.69) is 19.2 Å². The van der Waals surface area contributed by atoms with Gasteiger partial charge < -0.3 is 19.8 Å². The van der Waals surface area contributed by atoms with Crippen LogP contribution in [0.25, 0.3) is 0 Å². The van der Waals surface area contributed by atoms with Crippen molar-refractivity contribution < 1.29 is 32.9 Å². The number of nitrogens with one attached hydrogen (secondary N) is 1. The molecule has 0 aromatic carbocycles. The van der Waals surface area contributed by atoms with Crippen LogP contribution < -0.4 is 5.32 Å². The Balaban J connectivity index is 4.01. The molecule has 0 spiro atoms. The van der Waals surface area contributed by atoms with E-state index in [-0.39, 0.29) is 19.1 Å². The molecule has 0 fully saturated rings. The second-order valence-electron chi connectivity index (χ2n) is 20.7. The minimum atomic E-state index is -4.31. The summed E-state index contributed by atoms with van der Waals surface area (Å²) < 4.78 is 23.7. The lowest BCUT2D eigenvalue weighted by Crippen LogP contribution is -2.46. The van der Waals surface area contributed by atoms with E-state index in [4.69, 9.17) is 9.05 Å². The highest BCUT2D eigenvalue weighted by Crippen LogP contribution is 2.43. The Morgan fingerprint density at radius 1 is 0.476 bits per heavy atom. The zero-order valence-electron chi connectivity index (χ0n) is 43.1. The molecule has 0 saturated heterocycles. The molecule has 378 valence electrons. The van der Waals surface area contributed by atoms with Crippen molar-refractivity contribution in [2.75, 3.05) is 40.9 Å². The molecule has 0 radical (unpaired) electrons. The van der Waals surface area contributed by atoms with Crippen LogP contribution >= 0.6 is 7.82 Å². The fourth-order valence-corrected chi connectivity index (χ4v) is 9.43. The lowest BCUT2D eigenvalue weighted by molar-refractivity contribution is -0.870. The minimum absolute atomic E-state index is 0.0788. The fraction of sp³-hybridized carbons (Fsp3) is 0.981. The lowest BCUT2D eigenvalue weighted by atomic mass is 10.0. The number of aliphatic hydroxyl groups is 1. The number of phosphoric acid groups is 1. The Labute approximate surface area is 393 Å². The zero-order valence-corrected chi connectivity index (χ0v) is 44.0. The third kappa shape index (κ3) is 49.2. The third-order valence-electron chi connectivity index (χ3n) is 13.1. The Morgan fingerprint density at radius 3 is 1.06 bits per heavy atom. The maximum absolute atomic E-state index is 12.9. The van der Waals surface area contributed by atoms with Crippen molar-refractivity contribution >= 4 is 13.7 Å². The zero-order chi connectivity index (χ0) is 46.4. The summed E-state index contributed by atoms with van der Waals surface area (Å²) in [7, 11) is 1.63. The Hall–Kier alpha value is -0.500. The molecule has 0 bridgehead atoms. The molecule has 3 N–H and O–H groups in total. The largest absolute Gasteiger partial charge is 0.472 e. The quantitative estimate of drug-likeness (QED) is 0.0319. The molecular formula is C54H112N2O6P+. The van der Waals surface area contributed by atoms with Crippen molar-refractivity contribution in [3.05, 3.63) is 0 Å². The van der Waals surface area contributed by atoms with Gasteiger partial charge in [0.15, 0.2) is 0 Å². The standard InChI is InChI=1S/C54H111N2O6P/c1-6-8-10-12-14-16-18-20-21-22-23-24-25-26-27-28-29-30-31-32-33-34-35-36-37-39-41-43-45-47-53(57)52(51-62-63(59,60)61-50-49-56(3,4)5)55-54(58)48-46-44-42-40-38-19-17-15-13-11-9-7-2/h52-53,57H,6-51H2,1-5H3,(H-,55,58,59,60)/p+1. The van der Waals surface area contributed by atoms with Crippen molar-refractivity contribution in [1.82, 2.24) is 5.32 Å². The summed E-state index contributed by atoms with van der Waals surface area (Å²) in [6.07, 6.45) is 54.5. The molecule has 63 heavy (non-hydrogen) atoms. The average Bonchev–Trinajstić information content (AvgIpc) is 3.24. The van der Waals surface area contributed by atoms with Gasteiger partial charge >= 0.3 is 7.82 Å². The summed E-state index contributed by atoms with van der Waals surface area (Å²) in [6.45, 7) is 4.92. The van der Waals surface area contributed by atoms with E-state index >= 15 is 0 Å². The van der Waals surface area contributed by atoms with Crippen LogP contribution in [0.2, 0.25) is 0 Å². The summed E-state index contributed by atoms with van der Waals surface area (Å²) >= 11 is 0. The molecule has 0 aliphatic carbocycles. The van der Waals surface area contributed by atoms with E-state index in [0.29, 0.717) is 23.9 Å². The molecule has 0 saturated carbocycles. The third-order valence-corrected chi connectivity index (χ3v) is 14.1. The van der Waals surface area contributed by atoms with Gasteiger partial charge in [-0.3, -0.25) is 13.8 Å². The Bertz CT molecular complexity index is 994. The molecule has 3 unspecified atom stereocenters. The second-order valence-corrected chi connectivity index (χ2v) is 22.1. The van der Waals surface area contributed by atoms with Crippen LogP contribution in [0.3, 0.4) is 0 Å². The summed E-state index contributed by atoms with van der Waals surface area (Å²) in [5, 5.41) is 14.0. The van der Waals surface area contributed by atoms with Crippen molar-refractivity contribution in [1.29, 1.82) is 0 Å². The lowest BCUT2D eigenvalue weighted by Gasteiger charge is -2.26. The molecule has 3 atom stereocenters. The number of carbonyl (C=O) groups excluding carboxylic acids is 1. The van der Waals surface area contributed by atoms with E-state index in [1.807, 2.05) is 21.1 Å². The number of amides is 1. The van der Waals surface area contributed by atoms with Crippen molar-refractivity contribution in [2.45, 2.75) is 302 Å². The van der Waals surface area contributed by atoms with E-state index in [0.717, 1.165) is 38.5 Å². The number of hydrogen-bond donors (Lipinski definition) is 3. The summed E-state index contributed by atoms with van der Waals surface area (Å²) in [5.41, 5.74) is 0. The maximum Gasteiger partial charge on any atom is 0.472 e. The maximum atomic E-state index is 12.9. The van der Waals surface area contributed by atoms with Crippen LogP contribution in [0.5, 0.6) is 0 Å². The monoisotopic (exact) mass is 916 g/mol. The number of likely N-dealkylation sites (N-methyl/N-ethyl adjacent to an activating group) is 1. The molecule has 0 aromatic heterocycles. The fourth-order valence-electron chi connectivity index (χ4n) is 8.70. The Kier molecular flexibility index (Phi) is 46.2. The molecule has 0 heterocycles. The Morgan fingerprint density at radius 2 is 0.762 bits per heavy atom. The minimum Gasteiger partial charge on any atom is -0.391 e. The van der Waals surface area contributed by atoms with Gasteiger partial charge in [0, 0.05) is 6.42 Å². The van der Waals surface area contributed by atoms with Gasteiger partial charge in [-0.15, -0.1) is 0 Å². The van der Waals surface area contributed by atoms with Gasteiger partial charge in [0.05, 0.1) is 39.9 Å². The van der Waals surface area contributed by atoms with Crippen LogP contribution in [0.15, 0.2) is 0 Å². The van der Waals surface area contributed by atoms with Gasteiger partial charge in [-0.2, -0.15) is 0 Å². The first-order chi connectivity index (χ1) is 30.5. The SMILES string of the molecule is CCCCCCCCCCCCCCCCCCCCCCCCCCCCCCCC(O)C(COP(=O)(O)OCC[N+](C)(C)C)NC(=O)CCCCCCCCCCCCCC. The molecule has 0 aliphatic heterocycles. The van der Waals surface area contributed by atoms with Crippen molar-refractivity contribution in [3.63, 3.8) is 0 Å². The molecule has 0 rings (SSSR count). The number of carbonyl (C=O) groups is 1. The van der Waals surface area contributed by atoms with Gasteiger partial charge in [-0.1, -0.05) is 271 Å². The number of aliphatic hydroxyl groups excluding tert-OH is 1. The molecular weight excluding hydrogens is 804 g/mol. The number of unbranched alkanes of at least 4 members (excludes halogenated alkanes) is 39. The molecule has 0 aromatic rings. The van der Waals surface area contributed by atoms with Gasteiger partial charge in [0.25, 0.3) is 0 Å². The summed E-state index contributed by atoms with van der Waals surface area (Å²) in [5.74, 6) is -0.140. The summed E-state index contributed by atoms with van der Waals surface area (Å²) in [4.78, 5) is 23.2. The number of nitrogens with zero attached hydrogens (tertiary/aromatic N) is 1. The van der Waals surface area contributed by atoms with E-state index in [9.17, 15) is 19.4 Å². The van der Waals surface area contributed by atoms with Gasteiger partial charge in [0.2, 0.25) is 5.91 Å². The highest BCUT2D eigenvalue weighted by Gasteiger charge is 2.28. The van der Waals surface area contributed by atoms with Crippen LogP contribution in [-0.4, -0.2) is 73.4 Å². The van der Waals surface area contributed by atoms with E-state index in [1.165, 1.54) is 225 Å². The number of phosphoric ester groups is 1. The first-order valence-corrected chi connectivity index (χ1v) is 29.4. The number of rotatable bonds is 52. The van der Waals surface area contributed by atoms with Crippen LogP contribution in [-0.2, 0) is 18.4 Å². The van der Waals surface area contributed by atoms with Crippen LogP contribution in [0.4, 0.5) is 0 Å².